The first-order valence-electron chi connectivity index (χ1n) is 10.5. The van der Waals surface area contributed by atoms with E-state index in [9.17, 15) is 18.5 Å². The van der Waals surface area contributed by atoms with Crippen LogP contribution >= 0.6 is 23.4 Å². The average Bonchev–Trinajstić information content (AvgIpc) is 3.28. The Morgan fingerprint density at radius 1 is 1.11 bits per heavy atom. The Labute approximate surface area is 216 Å². The van der Waals surface area contributed by atoms with E-state index in [1.54, 1.807) is 36.4 Å². The number of hydrazone groups is 1. The highest BCUT2D eigenvalue weighted by molar-refractivity contribution is 7.99. The van der Waals surface area contributed by atoms with Gasteiger partial charge < -0.3 is 4.57 Å². The summed E-state index contributed by atoms with van der Waals surface area (Å²) in [5, 5.41) is 24.9. The molecule has 0 atom stereocenters. The third-order valence-corrected chi connectivity index (χ3v) is 7.50. The number of sulfonamides is 1. The number of benzene rings is 3. The van der Waals surface area contributed by atoms with Crippen LogP contribution in [0.3, 0.4) is 0 Å². The van der Waals surface area contributed by atoms with Crippen LogP contribution in [0.2, 0.25) is 5.02 Å². The smallest absolute Gasteiger partial charge is 0.276 e. The summed E-state index contributed by atoms with van der Waals surface area (Å²) < 4.78 is 26.8. The average molecular weight is 543 g/mol. The van der Waals surface area contributed by atoms with Crippen molar-refractivity contribution in [3.05, 3.63) is 93.5 Å². The van der Waals surface area contributed by atoms with E-state index in [4.69, 9.17) is 11.6 Å². The maximum absolute atomic E-state index is 12.4. The number of nitro benzene ring substituents is 1. The van der Waals surface area contributed by atoms with Crippen LogP contribution in [-0.4, -0.2) is 34.3 Å². The molecule has 184 valence electrons. The first-order valence-corrected chi connectivity index (χ1v) is 13.2. The van der Waals surface area contributed by atoms with Crippen LogP contribution in [0.15, 0.2) is 92.8 Å². The molecular formula is C23H19ClN6O4S2. The lowest BCUT2D eigenvalue weighted by molar-refractivity contribution is -0.384. The van der Waals surface area contributed by atoms with Crippen LogP contribution in [0.5, 0.6) is 0 Å². The van der Waals surface area contributed by atoms with Gasteiger partial charge in [-0.2, -0.15) is 13.5 Å². The summed E-state index contributed by atoms with van der Waals surface area (Å²) in [6.07, 6.45) is 1.22. The summed E-state index contributed by atoms with van der Waals surface area (Å²) in [6.45, 7) is 2.50. The molecule has 0 saturated carbocycles. The molecule has 0 aliphatic rings. The molecule has 1 aromatic heterocycles. The fraction of sp³-hybridized carbons (Fsp3) is 0.0870. The molecule has 0 saturated heterocycles. The third-order valence-electron chi connectivity index (χ3n) is 4.95. The Balaban J connectivity index is 1.65. The summed E-state index contributed by atoms with van der Waals surface area (Å²) in [4.78, 5) is 13.5. The van der Waals surface area contributed by atoms with E-state index in [0.717, 1.165) is 5.56 Å². The largest absolute Gasteiger partial charge is 0.302 e. The quantitative estimate of drug-likeness (QED) is 0.179. The molecule has 0 fully saturated rings. The molecule has 1 heterocycles. The predicted molar refractivity (Wildman–Crippen MR) is 138 cm³/mol. The van der Waals surface area contributed by atoms with Crippen LogP contribution < -0.4 is 4.83 Å². The van der Waals surface area contributed by atoms with Crippen LogP contribution in [0.25, 0.3) is 11.4 Å². The van der Waals surface area contributed by atoms with Gasteiger partial charge in [0.2, 0.25) is 0 Å². The van der Waals surface area contributed by atoms with Gasteiger partial charge in [-0.25, -0.2) is 4.83 Å². The fourth-order valence-corrected chi connectivity index (χ4v) is 5.22. The second-order valence-corrected chi connectivity index (χ2v) is 10.4. The monoisotopic (exact) mass is 542 g/mol. The fourth-order valence-electron chi connectivity index (χ4n) is 3.25. The van der Waals surface area contributed by atoms with Gasteiger partial charge >= 0.3 is 0 Å². The lowest BCUT2D eigenvalue weighted by atomic mass is 10.2. The molecule has 3 aromatic carbocycles. The minimum absolute atomic E-state index is 0.0420. The Kier molecular flexibility index (Phi) is 7.67. The number of hydrogen-bond acceptors (Lipinski definition) is 8. The van der Waals surface area contributed by atoms with Crippen molar-refractivity contribution in [3.8, 4) is 11.4 Å². The SMILES string of the molecule is CCn1c(Sc2ccc([N+](=O)[O-])cc2/C=N\NS(=O)(=O)c2ccccc2)nnc1-c1cccc(Cl)c1. The molecule has 1 N–H and O–H groups in total. The van der Waals surface area contributed by atoms with Crippen molar-refractivity contribution < 1.29 is 13.3 Å². The standard InChI is InChI=1S/C23H19ClN6O4S2/c1-2-29-22(16-7-6-8-18(24)13-16)26-27-23(29)35-21-12-11-19(30(31)32)14-17(21)15-25-28-36(33,34)20-9-4-3-5-10-20/h3-15,28H,2H2,1H3/b25-15-. The number of nitrogens with one attached hydrogen (secondary N) is 1. The number of halogens is 1. The van der Waals surface area contributed by atoms with Crippen LogP contribution in [0, 0.1) is 10.1 Å². The van der Waals surface area contributed by atoms with E-state index in [1.165, 1.54) is 42.2 Å². The van der Waals surface area contributed by atoms with E-state index in [2.05, 4.69) is 20.1 Å². The lowest BCUT2D eigenvalue weighted by Gasteiger charge is -2.09. The number of aromatic nitrogens is 3. The zero-order chi connectivity index (χ0) is 25.7. The van der Waals surface area contributed by atoms with Crippen molar-refractivity contribution in [1.29, 1.82) is 0 Å². The Morgan fingerprint density at radius 3 is 2.58 bits per heavy atom. The summed E-state index contributed by atoms with van der Waals surface area (Å²) >= 11 is 7.35. The minimum atomic E-state index is -3.90. The van der Waals surface area contributed by atoms with Gasteiger partial charge in [0, 0.05) is 39.7 Å². The number of nitro groups is 1. The maximum atomic E-state index is 12.4. The van der Waals surface area contributed by atoms with Crippen LogP contribution in [0.4, 0.5) is 5.69 Å². The van der Waals surface area contributed by atoms with Crippen molar-refractivity contribution >= 4 is 45.3 Å². The number of nitrogens with zero attached hydrogens (tertiary/aromatic N) is 5. The zero-order valence-electron chi connectivity index (χ0n) is 18.8. The second-order valence-electron chi connectivity index (χ2n) is 7.31. The normalized spacial score (nSPS) is 11.6. The molecule has 0 amide bonds. The number of rotatable bonds is 9. The topological polar surface area (TPSA) is 132 Å². The van der Waals surface area contributed by atoms with Gasteiger partial charge in [0.15, 0.2) is 11.0 Å². The van der Waals surface area contributed by atoms with E-state index in [-0.39, 0.29) is 10.6 Å². The minimum Gasteiger partial charge on any atom is -0.302 e. The molecule has 4 aromatic rings. The molecule has 0 aliphatic heterocycles. The van der Waals surface area contributed by atoms with E-state index in [0.29, 0.717) is 33.0 Å². The Morgan fingerprint density at radius 2 is 1.89 bits per heavy atom. The lowest BCUT2D eigenvalue weighted by Crippen LogP contribution is -2.18. The first-order chi connectivity index (χ1) is 17.3. The molecule has 0 unspecified atom stereocenters. The van der Waals surface area contributed by atoms with Crippen molar-refractivity contribution in [2.45, 2.75) is 28.4 Å². The van der Waals surface area contributed by atoms with Crippen molar-refractivity contribution in [2.75, 3.05) is 0 Å². The number of hydrogen-bond donors (Lipinski definition) is 1. The van der Waals surface area contributed by atoms with Gasteiger partial charge in [0.1, 0.15) is 0 Å². The highest BCUT2D eigenvalue weighted by Crippen LogP contribution is 2.33. The van der Waals surface area contributed by atoms with E-state index >= 15 is 0 Å². The summed E-state index contributed by atoms with van der Waals surface area (Å²) in [6, 6.07) is 19.2. The molecule has 0 radical (unpaired) electrons. The second kappa shape index (κ2) is 10.9. The molecule has 13 heteroatoms. The molecule has 0 spiro atoms. The van der Waals surface area contributed by atoms with Crippen molar-refractivity contribution in [2.24, 2.45) is 5.10 Å². The number of non-ortho nitro benzene ring substituents is 1. The molecule has 4 rings (SSSR count). The van der Waals surface area contributed by atoms with Crippen molar-refractivity contribution in [1.82, 2.24) is 19.6 Å². The summed E-state index contributed by atoms with van der Waals surface area (Å²) in [5.41, 5.74) is 0.965. The van der Waals surface area contributed by atoms with Gasteiger partial charge in [-0.3, -0.25) is 10.1 Å². The predicted octanol–water partition coefficient (Wildman–Crippen LogP) is 4.99. The summed E-state index contributed by atoms with van der Waals surface area (Å²) in [5.74, 6) is 0.621. The molecular weight excluding hydrogens is 524 g/mol. The highest BCUT2D eigenvalue weighted by Gasteiger charge is 2.18. The highest BCUT2D eigenvalue weighted by atomic mass is 35.5. The zero-order valence-corrected chi connectivity index (χ0v) is 21.2. The molecule has 36 heavy (non-hydrogen) atoms. The van der Waals surface area contributed by atoms with Gasteiger partial charge in [-0.15, -0.1) is 10.2 Å². The van der Waals surface area contributed by atoms with Crippen LogP contribution in [-0.2, 0) is 16.6 Å². The maximum Gasteiger partial charge on any atom is 0.276 e. The van der Waals surface area contributed by atoms with Gasteiger partial charge in [-0.1, -0.05) is 41.9 Å². The van der Waals surface area contributed by atoms with Gasteiger partial charge in [0.25, 0.3) is 15.7 Å². The molecule has 10 nitrogen and oxygen atoms in total. The first kappa shape index (κ1) is 25.4. The van der Waals surface area contributed by atoms with Gasteiger partial charge in [-0.05, 0) is 49.0 Å². The van der Waals surface area contributed by atoms with E-state index in [1.807, 2.05) is 23.6 Å². The Hall–Kier alpha value is -3.74. The summed E-state index contributed by atoms with van der Waals surface area (Å²) in [7, 11) is -3.90. The van der Waals surface area contributed by atoms with Gasteiger partial charge in [0.05, 0.1) is 16.0 Å². The Bertz CT molecular complexity index is 1540. The third kappa shape index (κ3) is 5.73. The van der Waals surface area contributed by atoms with Crippen molar-refractivity contribution in [3.63, 3.8) is 0 Å². The molecule has 0 bridgehead atoms. The van der Waals surface area contributed by atoms with Crippen LogP contribution in [0.1, 0.15) is 12.5 Å². The van der Waals surface area contributed by atoms with E-state index < -0.39 is 14.9 Å². The molecule has 0 aliphatic carbocycles.